The minimum atomic E-state index is -1.79. The van der Waals surface area contributed by atoms with E-state index in [1.165, 1.54) is 0 Å². The van der Waals surface area contributed by atoms with Crippen molar-refractivity contribution < 1.29 is 34.8 Å². The zero-order valence-electron chi connectivity index (χ0n) is 8.29. The molecule has 8 heteroatoms. The highest BCUT2D eigenvalue weighted by molar-refractivity contribution is 5.86. The molecule has 0 saturated heterocycles. The number of carbonyl (C=O) groups is 3. The highest BCUT2D eigenvalue weighted by Crippen LogP contribution is 1.89. The number of hydrogen-bond donors (Lipinski definition) is 5. The van der Waals surface area contributed by atoms with Crippen LogP contribution in [0.15, 0.2) is 12.7 Å². The van der Waals surface area contributed by atoms with Crippen LogP contribution in [0.1, 0.15) is 6.42 Å². The van der Waals surface area contributed by atoms with Crippen LogP contribution in [0.25, 0.3) is 0 Å². The summed E-state index contributed by atoms with van der Waals surface area (Å²) in [7, 11) is 0. The van der Waals surface area contributed by atoms with Crippen molar-refractivity contribution in [2.75, 3.05) is 6.73 Å². The van der Waals surface area contributed by atoms with Gasteiger partial charge in [-0.05, 0) is 6.08 Å². The average molecular weight is 235 g/mol. The van der Waals surface area contributed by atoms with Crippen molar-refractivity contribution in [3.63, 3.8) is 0 Å². The van der Waals surface area contributed by atoms with E-state index in [1.54, 1.807) is 0 Å². The van der Waals surface area contributed by atoms with Crippen molar-refractivity contribution in [1.29, 1.82) is 0 Å². The quantitative estimate of drug-likeness (QED) is 0.277. The number of rotatable bonds is 5. The van der Waals surface area contributed by atoms with Crippen LogP contribution in [0.4, 0.5) is 0 Å². The van der Waals surface area contributed by atoms with Crippen LogP contribution >= 0.6 is 0 Å². The lowest BCUT2D eigenvalue weighted by Gasteiger charge is -1.97. The molecular formula is C8H13NO7. The molecule has 0 saturated carbocycles. The second-order valence-corrected chi connectivity index (χ2v) is 2.36. The topological polar surface area (TPSA) is 144 Å². The maximum Gasteiger partial charge on any atom is 0.333 e. The third kappa shape index (κ3) is 12.1. The van der Waals surface area contributed by atoms with Gasteiger partial charge in [0.1, 0.15) is 6.73 Å². The highest BCUT2D eigenvalue weighted by atomic mass is 16.4. The van der Waals surface area contributed by atoms with Gasteiger partial charge < -0.3 is 25.7 Å². The maximum atomic E-state index is 10.0. The predicted molar refractivity (Wildman–Crippen MR) is 51.3 cm³/mol. The SMILES string of the molecule is C=CC(=O)NCO.O=C(O)CC(O)C(=O)O. The third-order valence-electron chi connectivity index (χ3n) is 1.09. The largest absolute Gasteiger partial charge is 0.481 e. The van der Waals surface area contributed by atoms with Gasteiger partial charge in [-0.15, -0.1) is 0 Å². The van der Waals surface area contributed by atoms with Gasteiger partial charge >= 0.3 is 11.9 Å². The van der Waals surface area contributed by atoms with Crippen LogP contribution in [0.3, 0.4) is 0 Å². The number of carboxylic acid groups (broad SMARTS) is 2. The molecule has 1 atom stereocenters. The maximum absolute atomic E-state index is 10.0. The Bertz CT molecular complexity index is 263. The molecule has 0 aliphatic heterocycles. The van der Waals surface area contributed by atoms with E-state index in [0.29, 0.717) is 0 Å². The van der Waals surface area contributed by atoms with E-state index in [1.807, 2.05) is 0 Å². The highest BCUT2D eigenvalue weighted by Gasteiger charge is 2.16. The zero-order valence-corrected chi connectivity index (χ0v) is 8.29. The Balaban J connectivity index is 0. The van der Waals surface area contributed by atoms with Crippen molar-refractivity contribution >= 4 is 17.8 Å². The molecule has 16 heavy (non-hydrogen) atoms. The standard InChI is InChI=1S/C4H7NO2.C4H6O5/c1-2-4(7)5-3-6;5-2(4(8)9)1-3(6)7/h2,6H,1,3H2,(H,5,7);2,5H,1H2,(H,6,7)(H,8,9). The molecule has 0 heterocycles. The van der Waals surface area contributed by atoms with Crippen molar-refractivity contribution in [3.05, 3.63) is 12.7 Å². The minimum absolute atomic E-state index is 0.329. The Hall–Kier alpha value is -1.93. The molecule has 0 fully saturated rings. The van der Waals surface area contributed by atoms with E-state index in [2.05, 4.69) is 11.9 Å². The lowest BCUT2D eigenvalue weighted by atomic mass is 10.3. The first-order valence-electron chi connectivity index (χ1n) is 3.98. The molecule has 0 aromatic heterocycles. The first-order chi connectivity index (χ1) is 7.34. The first-order valence-corrected chi connectivity index (χ1v) is 3.98. The van der Waals surface area contributed by atoms with Crippen LogP contribution in [0.5, 0.6) is 0 Å². The number of hydrogen-bond acceptors (Lipinski definition) is 5. The van der Waals surface area contributed by atoms with E-state index in [-0.39, 0.29) is 12.6 Å². The Morgan fingerprint density at radius 2 is 1.81 bits per heavy atom. The van der Waals surface area contributed by atoms with E-state index in [0.717, 1.165) is 6.08 Å². The fraction of sp³-hybridized carbons (Fsp3) is 0.375. The molecule has 0 aliphatic carbocycles. The lowest BCUT2D eigenvalue weighted by Crippen LogP contribution is -2.22. The van der Waals surface area contributed by atoms with Gasteiger partial charge in [-0.2, -0.15) is 0 Å². The van der Waals surface area contributed by atoms with E-state index >= 15 is 0 Å². The number of nitrogens with one attached hydrogen (secondary N) is 1. The summed E-state index contributed by atoms with van der Waals surface area (Å²) < 4.78 is 0. The van der Waals surface area contributed by atoms with E-state index in [9.17, 15) is 14.4 Å². The molecule has 5 N–H and O–H groups in total. The van der Waals surface area contributed by atoms with Crippen LogP contribution in [0, 0.1) is 0 Å². The van der Waals surface area contributed by atoms with Gasteiger partial charge in [-0.1, -0.05) is 6.58 Å². The smallest absolute Gasteiger partial charge is 0.333 e. The Morgan fingerprint density at radius 3 is 1.94 bits per heavy atom. The van der Waals surface area contributed by atoms with Crippen molar-refractivity contribution in [1.82, 2.24) is 5.32 Å². The van der Waals surface area contributed by atoms with Gasteiger partial charge in [-0.25, -0.2) is 4.79 Å². The second-order valence-electron chi connectivity index (χ2n) is 2.36. The molecule has 0 aromatic rings. The molecule has 0 spiro atoms. The number of carbonyl (C=O) groups excluding carboxylic acids is 1. The Kier molecular flexibility index (Phi) is 9.92. The molecule has 0 rings (SSSR count). The predicted octanol–water partition coefficient (Wildman–Crippen LogP) is -1.85. The molecule has 1 amide bonds. The summed E-state index contributed by atoms with van der Waals surface area (Å²) in [5, 5.41) is 34.2. The summed E-state index contributed by atoms with van der Waals surface area (Å²) >= 11 is 0. The number of amides is 1. The van der Waals surface area contributed by atoms with Crippen LogP contribution in [-0.4, -0.2) is 51.1 Å². The molecule has 0 aliphatic rings. The van der Waals surface area contributed by atoms with Gasteiger partial charge in [0.2, 0.25) is 5.91 Å². The van der Waals surface area contributed by atoms with Crippen molar-refractivity contribution in [2.24, 2.45) is 0 Å². The Morgan fingerprint density at radius 1 is 1.31 bits per heavy atom. The molecule has 0 radical (unpaired) electrons. The summed E-state index contributed by atoms with van der Waals surface area (Å²) in [4.78, 5) is 29.4. The van der Waals surface area contributed by atoms with Gasteiger partial charge in [0.15, 0.2) is 6.10 Å². The second kappa shape index (κ2) is 9.62. The van der Waals surface area contributed by atoms with Crippen molar-refractivity contribution in [2.45, 2.75) is 12.5 Å². The number of aliphatic carboxylic acids is 2. The summed E-state index contributed by atoms with van der Waals surface area (Å²) in [6.45, 7) is 2.83. The molecule has 1 unspecified atom stereocenters. The van der Waals surface area contributed by atoms with E-state index < -0.39 is 24.5 Å². The molecule has 0 aromatic carbocycles. The molecule has 0 bridgehead atoms. The van der Waals surface area contributed by atoms with Crippen LogP contribution < -0.4 is 5.32 Å². The minimum Gasteiger partial charge on any atom is -0.481 e. The van der Waals surface area contributed by atoms with Gasteiger partial charge in [0.25, 0.3) is 0 Å². The van der Waals surface area contributed by atoms with Crippen LogP contribution in [0.2, 0.25) is 0 Å². The third-order valence-corrected chi connectivity index (χ3v) is 1.09. The monoisotopic (exact) mass is 235 g/mol. The summed E-state index contributed by atoms with van der Waals surface area (Å²) in [6, 6.07) is 0. The summed E-state index contributed by atoms with van der Waals surface area (Å²) in [5.41, 5.74) is 0. The van der Waals surface area contributed by atoms with Gasteiger partial charge in [-0.3, -0.25) is 9.59 Å². The zero-order chi connectivity index (χ0) is 13.1. The molecular weight excluding hydrogens is 222 g/mol. The Labute approximate surface area is 90.8 Å². The normalized spacial score (nSPS) is 10.4. The lowest BCUT2D eigenvalue weighted by molar-refractivity contribution is -0.152. The fourth-order valence-electron chi connectivity index (χ4n) is 0.403. The first kappa shape index (κ1) is 16.5. The number of aliphatic hydroxyl groups is 2. The molecule has 8 nitrogen and oxygen atoms in total. The fourth-order valence-corrected chi connectivity index (χ4v) is 0.403. The van der Waals surface area contributed by atoms with Gasteiger partial charge in [0.05, 0.1) is 6.42 Å². The number of aliphatic hydroxyl groups excluding tert-OH is 2. The summed E-state index contributed by atoms with van der Waals surface area (Å²) in [6.07, 6.45) is -1.45. The number of carboxylic acids is 2. The van der Waals surface area contributed by atoms with Gasteiger partial charge in [0, 0.05) is 0 Å². The summed E-state index contributed by atoms with van der Waals surface area (Å²) in [5.74, 6) is -3.20. The van der Waals surface area contributed by atoms with Crippen LogP contribution in [-0.2, 0) is 14.4 Å². The average Bonchev–Trinajstić information content (AvgIpc) is 2.18. The van der Waals surface area contributed by atoms with Crippen molar-refractivity contribution in [3.8, 4) is 0 Å². The molecule has 92 valence electrons. The van der Waals surface area contributed by atoms with E-state index in [4.69, 9.17) is 20.4 Å².